The van der Waals surface area contributed by atoms with Crippen molar-refractivity contribution in [2.24, 2.45) is 0 Å². The fourth-order valence-electron chi connectivity index (χ4n) is 1.36. The summed E-state index contributed by atoms with van der Waals surface area (Å²) >= 11 is 13.2. The molecule has 0 bridgehead atoms. The van der Waals surface area contributed by atoms with Crippen molar-refractivity contribution >= 4 is 40.5 Å². The molecule has 0 aliphatic heterocycles. The standard InChI is InChI=1S/C11H6Cl2O2S/c12-6-1-2-9(13)8(5-6)10-7(11(14)15)3-4-16-10/h1-5H,(H,14,15). The van der Waals surface area contributed by atoms with Crippen molar-refractivity contribution in [3.8, 4) is 10.4 Å². The number of thiophene rings is 1. The smallest absolute Gasteiger partial charge is 0.337 e. The molecule has 0 atom stereocenters. The van der Waals surface area contributed by atoms with E-state index >= 15 is 0 Å². The largest absolute Gasteiger partial charge is 0.478 e. The maximum atomic E-state index is 11.0. The van der Waals surface area contributed by atoms with Gasteiger partial charge in [-0.2, -0.15) is 0 Å². The Morgan fingerprint density at radius 3 is 2.69 bits per heavy atom. The zero-order valence-electron chi connectivity index (χ0n) is 7.91. The molecule has 5 heteroatoms. The van der Waals surface area contributed by atoms with E-state index in [0.29, 0.717) is 20.5 Å². The molecule has 0 aliphatic rings. The number of rotatable bonds is 2. The Bertz CT molecular complexity index is 549. The molecule has 1 aromatic heterocycles. The summed E-state index contributed by atoms with van der Waals surface area (Å²) < 4.78 is 0. The van der Waals surface area contributed by atoms with E-state index in [9.17, 15) is 4.79 Å². The molecule has 16 heavy (non-hydrogen) atoms. The molecule has 0 unspecified atom stereocenters. The summed E-state index contributed by atoms with van der Waals surface area (Å²) in [7, 11) is 0. The number of benzene rings is 1. The van der Waals surface area contributed by atoms with Crippen molar-refractivity contribution in [3.63, 3.8) is 0 Å². The topological polar surface area (TPSA) is 37.3 Å². The first kappa shape index (κ1) is 11.5. The van der Waals surface area contributed by atoms with E-state index in [2.05, 4.69) is 0 Å². The Kier molecular flexibility index (Phi) is 3.19. The van der Waals surface area contributed by atoms with Crippen LogP contribution in [0.4, 0.5) is 0 Å². The van der Waals surface area contributed by atoms with Crippen LogP contribution in [0.1, 0.15) is 10.4 Å². The van der Waals surface area contributed by atoms with Gasteiger partial charge in [0.1, 0.15) is 0 Å². The van der Waals surface area contributed by atoms with Crippen LogP contribution in [0.2, 0.25) is 10.0 Å². The Labute approximate surface area is 106 Å². The molecule has 0 aliphatic carbocycles. The quantitative estimate of drug-likeness (QED) is 0.879. The highest BCUT2D eigenvalue weighted by atomic mass is 35.5. The van der Waals surface area contributed by atoms with E-state index in [4.69, 9.17) is 28.3 Å². The van der Waals surface area contributed by atoms with Gasteiger partial charge in [0, 0.05) is 15.6 Å². The molecule has 0 saturated carbocycles. The summed E-state index contributed by atoms with van der Waals surface area (Å²) in [6, 6.07) is 6.55. The van der Waals surface area contributed by atoms with Crippen molar-refractivity contribution in [2.75, 3.05) is 0 Å². The van der Waals surface area contributed by atoms with Gasteiger partial charge in [0.05, 0.1) is 10.4 Å². The fraction of sp³-hybridized carbons (Fsp3) is 0. The van der Waals surface area contributed by atoms with Crippen molar-refractivity contribution < 1.29 is 9.90 Å². The molecule has 0 fully saturated rings. The number of hydrogen-bond acceptors (Lipinski definition) is 2. The van der Waals surface area contributed by atoms with Gasteiger partial charge in [-0.15, -0.1) is 11.3 Å². The molecule has 2 nitrogen and oxygen atoms in total. The van der Waals surface area contributed by atoms with Gasteiger partial charge in [-0.05, 0) is 29.6 Å². The molecule has 2 aromatic rings. The van der Waals surface area contributed by atoms with Gasteiger partial charge in [-0.3, -0.25) is 0 Å². The third kappa shape index (κ3) is 2.07. The average molecular weight is 273 g/mol. The van der Waals surface area contributed by atoms with Crippen molar-refractivity contribution in [1.29, 1.82) is 0 Å². The summed E-state index contributed by atoms with van der Waals surface area (Å²) in [5.41, 5.74) is 0.899. The number of carbonyl (C=O) groups is 1. The summed E-state index contributed by atoms with van der Waals surface area (Å²) in [5, 5.41) is 11.8. The molecule has 1 aromatic carbocycles. The van der Waals surface area contributed by atoms with Crippen LogP contribution in [0.15, 0.2) is 29.6 Å². The maximum absolute atomic E-state index is 11.0. The van der Waals surface area contributed by atoms with Gasteiger partial charge in [-0.25, -0.2) is 4.79 Å². The first-order chi connectivity index (χ1) is 7.59. The number of carboxylic acid groups (broad SMARTS) is 1. The van der Waals surface area contributed by atoms with Gasteiger partial charge in [0.2, 0.25) is 0 Å². The van der Waals surface area contributed by atoms with Gasteiger partial charge in [-0.1, -0.05) is 23.2 Å². The van der Waals surface area contributed by atoms with Crippen LogP contribution in [0.25, 0.3) is 10.4 Å². The third-order valence-corrected chi connectivity index (χ3v) is 3.58. The lowest BCUT2D eigenvalue weighted by molar-refractivity contribution is 0.0698. The van der Waals surface area contributed by atoms with Crippen LogP contribution >= 0.6 is 34.5 Å². The van der Waals surface area contributed by atoms with E-state index in [1.54, 1.807) is 29.6 Å². The number of hydrogen-bond donors (Lipinski definition) is 1. The van der Waals surface area contributed by atoms with Crippen LogP contribution in [0.3, 0.4) is 0 Å². The van der Waals surface area contributed by atoms with Gasteiger partial charge >= 0.3 is 5.97 Å². The average Bonchev–Trinajstić information content (AvgIpc) is 2.70. The lowest BCUT2D eigenvalue weighted by Crippen LogP contribution is -1.95. The maximum Gasteiger partial charge on any atom is 0.337 e. The van der Waals surface area contributed by atoms with E-state index in [1.807, 2.05) is 0 Å². The van der Waals surface area contributed by atoms with Crippen LogP contribution < -0.4 is 0 Å². The number of carboxylic acids is 1. The Hall–Kier alpha value is -1.03. The highest BCUT2D eigenvalue weighted by molar-refractivity contribution is 7.14. The van der Waals surface area contributed by atoms with Crippen molar-refractivity contribution in [1.82, 2.24) is 0 Å². The zero-order valence-corrected chi connectivity index (χ0v) is 10.2. The number of halogens is 2. The second-order valence-electron chi connectivity index (χ2n) is 3.09. The molecule has 0 radical (unpaired) electrons. The Balaban J connectivity index is 2.62. The van der Waals surface area contributed by atoms with E-state index in [1.165, 1.54) is 11.3 Å². The fourth-order valence-corrected chi connectivity index (χ4v) is 2.72. The molecule has 0 amide bonds. The Morgan fingerprint density at radius 1 is 1.25 bits per heavy atom. The second kappa shape index (κ2) is 4.45. The van der Waals surface area contributed by atoms with Crippen LogP contribution in [0, 0.1) is 0 Å². The van der Waals surface area contributed by atoms with Gasteiger partial charge < -0.3 is 5.11 Å². The molecule has 2 rings (SSSR count). The summed E-state index contributed by atoms with van der Waals surface area (Å²) in [4.78, 5) is 11.6. The zero-order chi connectivity index (χ0) is 11.7. The minimum atomic E-state index is -0.965. The lowest BCUT2D eigenvalue weighted by atomic mass is 10.1. The summed E-state index contributed by atoms with van der Waals surface area (Å²) in [6.45, 7) is 0. The molecular formula is C11H6Cl2O2S. The summed E-state index contributed by atoms with van der Waals surface area (Å²) in [5.74, 6) is -0.965. The van der Waals surface area contributed by atoms with E-state index in [0.717, 1.165) is 0 Å². The van der Waals surface area contributed by atoms with E-state index < -0.39 is 5.97 Å². The first-order valence-corrected chi connectivity index (χ1v) is 5.99. The second-order valence-corrected chi connectivity index (χ2v) is 4.85. The van der Waals surface area contributed by atoms with Crippen LogP contribution in [-0.4, -0.2) is 11.1 Å². The SMILES string of the molecule is O=C(O)c1ccsc1-c1cc(Cl)ccc1Cl. The molecule has 0 saturated heterocycles. The minimum absolute atomic E-state index is 0.245. The normalized spacial score (nSPS) is 10.4. The first-order valence-electron chi connectivity index (χ1n) is 4.36. The minimum Gasteiger partial charge on any atom is -0.478 e. The van der Waals surface area contributed by atoms with E-state index in [-0.39, 0.29) is 5.56 Å². The predicted octanol–water partition coefficient (Wildman–Crippen LogP) is 4.42. The van der Waals surface area contributed by atoms with Crippen LogP contribution in [-0.2, 0) is 0 Å². The molecular weight excluding hydrogens is 267 g/mol. The Morgan fingerprint density at radius 2 is 2.00 bits per heavy atom. The highest BCUT2D eigenvalue weighted by Gasteiger charge is 2.15. The van der Waals surface area contributed by atoms with Gasteiger partial charge in [0.25, 0.3) is 0 Å². The van der Waals surface area contributed by atoms with Crippen molar-refractivity contribution in [3.05, 3.63) is 45.3 Å². The predicted molar refractivity (Wildman–Crippen MR) is 66.7 cm³/mol. The highest BCUT2D eigenvalue weighted by Crippen LogP contribution is 2.36. The third-order valence-electron chi connectivity index (χ3n) is 2.07. The molecule has 1 heterocycles. The molecule has 0 spiro atoms. The summed E-state index contributed by atoms with van der Waals surface area (Å²) in [6.07, 6.45) is 0. The lowest BCUT2D eigenvalue weighted by Gasteiger charge is -2.03. The van der Waals surface area contributed by atoms with Gasteiger partial charge in [0.15, 0.2) is 0 Å². The van der Waals surface area contributed by atoms with Crippen molar-refractivity contribution in [2.45, 2.75) is 0 Å². The number of aromatic carboxylic acids is 1. The monoisotopic (exact) mass is 272 g/mol. The molecule has 82 valence electrons. The van der Waals surface area contributed by atoms with Crippen LogP contribution in [0.5, 0.6) is 0 Å². The molecule has 1 N–H and O–H groups in total.